The Hall–Kier alpha value is -3.27. The van der Waals surface area contributed by atoms with Gasteiger partial charge in [0.05, 0.1) is 16.8 Å². The molecule has 0 aliphatic carbocycles. The molecule has 0 bridgehead atoms. The summed E-state index contributed by atoms with van der Waals surface area (Å²) in [5.74, 6) is -0.566. The zero-order chi connectivity index (χ0) is 20.8. The van der Waals surface area contributed by atoms with Crippen molar-refractivity contribution >= 4 is 45.8 Å². The summed E-state index contributed by atoms with van der Waals surface area (Å²) in [4.78, 5) is 45.6. The van der Waals surface area contributed by atoms with Gasteiger partial charge in [-0.25, -0.2) is 4.99 Å². The Bertz CT molecular complexity index is 951. The van der Waals surface area contributed by atoms with Crippen molar-refractivity contribution < 1.29 is 14.5 Å². The smallest absolute Gasteiger partial charge is 0.271 e. The minimum atomic E-state index is -0.601. The monoisotopic (exact) mass is 413 g/mol. The highest BCUT2D eigenvalue weighted by molar-refractivity contribution is 8.15. The summed E-state index contributed by atoms with van der Waals surface area (Å²) >= 11 is 1.24. The van der Waals surface area contributed by atoms with Crippen LogP contribution in [0.15, 0.2) is 53.8 Å². The quantitative estimate of drug-likeness (QED) is 0.549. The second kappa shape index (κ2) is 9.28. The number of thioether (sulfide) groups is 1. The molecule has 0 unspecified atom stereocenters. The average molecular weight is 413 g/mol. The van der Waals surface area contributed by atoms with Crippen LogP contribution in [0.1, 0.15) is 19.8 Å². The number of nitrogens with zero attached hydrogens (tertiary/aromatic N) is 4. The van der Waals surface area contributed by atoms with E-state index in [0.717, 1.165) is 6.42 Å². The Morgan fingerprint density at radius 3 is 2.90 bits per heavy atom. The molecule has 0 spiro atoms. The Balaban J connectivity index is 1.71. The number of aliphatic imine (C=N–C) groups is 1. The van der Waals surface area contributed by atoms with Crippen LogP contribution in [0, 0.1) is 10.1 Å². The van der Waals surface area contributed by atoms with Gasteiger partial charge in [0.15, 0.2) is 5.17 Å². The van der Waals surface area contributed by atoms with E-state index in [1.54, 1.807) is 35.5 Å². The van der Waals surface area contributed by atoms with Crippen molar-refractivity contribution in [2.75, 3.05) is 11.9 Å². The number of anilines is 1. The van der Waals surface area contributed by atoms with Gasteiger partial charge in [0.1, 0.15) is 5.25 Å². The maximum Gasteiger partial charge on any atom is 0.271 e. The number of hydrogen-bond acceptors (Lipinski definition) is 7. The molecule has 1 aliphatic rings. The minimum absolute atomic E-state index is 0.0571. The number of carbonyl (C=O) groups excluding carboxylic acids is 2. The highest BCUT2D eigenvalue weighted by atomic mass is 32.2. The fourth-order valence-corrected chi connectivity index (χ4v) is 3.95. The molecule has 9 nitrogen and oxygen atoms in total. The number of pyridine rings is 1. The highest BCUT2D eigenvalue weighted by Crippen LogP contribution is 2.32. The fourth-order valence-electron chi connectivity index (χ4n) is 2.76. The van der Waals surface area contributed by atoms with Gasteiger partial charge >= 0.3 is 0 Å². The molecule has 1 aliphatic heterocycles. The molecule has 2 heterocycles. The van der Waals surface area contributed by atoms with Crippen molar-refractivity contribution in [2.45, 2.75) is 25.0 Å². The lowest BCUT2D eigenvalue weighted by molar-refractivity contribution is -0.384. The van der Waals surface area contributed by atoms with Crippen molar-refractivity contribution in [3.63, 3.8) is 0 Å². The Morgan fingerprint density at radius 2 is 2.21 bits per heavy atom. The van der Waals surface area contributed by atoms with Crippen LogP contribution < -0.4 is 5.32 Å². The number of hydrogen-bond donors (Lipinski definition) is 1. The van der Waals surface area contributed by atoms with Crippen molar-refractivity contribution in [2.24, 2.45) is 4.99 Å². The molecule has 1 aromatic heterocycles. The number of amides is 2. The van der Waals surface area contributed by atoms with Crippen LogP contribution in [-0.2, 0) is 9.59 Å². The van der Waals surface area contributed by atoms with Crippen LogP contribution in [0.4, 0.5) is 17.1 Å². The lowest BCUT2D eigenvalue weighted by Crippen LogP contribution is -2.34. The third kappa shape index (κ3) is 5.17. The maximum atomic E-state index is 12.8. The van der Waals surface area contributed by atoms with E-state index in [1.165, 1.54) is 30.0 Å². The van der Waals surface area contributed by atoms with Crippen LogP contribution in [0.25, 0.3) is 0 Å². The summed E-state index contributed by atoms with van der Waals surface area (Å²) < 4.78 is 0. The normalized spacial score (nSPS) is 17.6. The van der Waals surface area contributed by atoms with Crippen molar-refractivity contribution in [1.82, 2.24) is 9.88 Å². The zero-order valence-electron chi connectivity index (χ0n) is 15.6. The molecule has 1 atom stereocenters. The number of rotatable bonds is 7. The summed E-state index contributed by atoms with van der Waals surface area (Å²) in [5.41, 5.74) is 0.828. The number of nitro groups is 1. The lowest BCUT2D eigenvalue weighted by atomic mass is 10.2. The van der Waals surface area contributed by atoms with Crippen molar-refractivity contribution in [3.8, 4) is 0 Å². The van der Waals surface area contributed by atoms with E-state index in [-0.39, 0.29) is 18.0 Å². The van der Waals surface area contributed by atoms with E-state index in [9.17, 15) is 19.7 Å². The molecule has 0 radical (unpaired) electrons. The first-order valence-electron chi connectivity index (χ1n) is 8.99. The first-order chi connectivity index (χ1) is 14.0. The Kier molecular flexibility index (Phi) is 6.55. The number of carbonyl (C=O) groups is 2. The molecular weight excluding hydrogens is 394 g/mol. The summed E-state index contributed by atoms with van der Waals surface area (Å²) in [6, 6.07) is 9.22. The number of nitrogens with one attached hydrogen (secondary N) is 1. The van der Waals surface area contributed by atoms with E-state index < -0.39 is 16.1 Å². The number of amidine groups is 1. The van der Waals surface area contributed by atoms with Crippen molar-refractivity contribution in [3.05, 3.63) is 58.9 Å². The molecule has 3 rings (SSSR count). The number of nitro benzene ring substituents is 1. The maximum absolute atomic E-state index is 12.8. The standard InChI is InChI=1S/C19H19N5O4S/c1-2-9-23-18(26)16(29-19(23)22-14-6-4-8-20-12-14)11-17(25)21-13-5-3-7-15(10-13)24(27)28/h3-8,10,12,16H,2,9,11H2,1H3,(H,21,25)/t16-/m0/s1. The molecule has 1 N–H and O–H groups in total. The van der Waals surface area contributed by atoms with Crippen LogP contribution in [0.2, 0.25) is 0 Å². The average Bonchev–Trinajstić information content (AvgIpc) is 2.98. The zero-order valence-corrected chi connectivity index (χ0v) is 16.5. The van der Waals surface area contributed by atoms with E-state index in [2.05, 4.69) is 15.3 Å². The molecule has 29 heavy (non-hydrogen) atoms. The molecule has 0 saturated carbocycles. The lowest BCUT2D eigenvalue weighted by Gasteiger charge is -2.15. The molecule has 2 amide bonds. The van der Waals surface area contributed by atoms with E-state index in [1.807, 2.05) is 6.92 Å². The van der Waals surface area contributed by atoms with Gasteiger partial charge in [-0.05, 0) is 24.6 Å². The third-order valence-electron chi connectivity index (χ3n) is 4.05. The number of aromatic nitrogens is 1. The first kappa shape index (κ1) is 20.5. The SMILES string of the molecule is CCCN1C(=O)[C@H](CC(=O)Nc2cccc([N+](=O)[O-])c2)SC1=Nc1cccnc1. The van der Waals surface area contributed by atoms with Gasteiger partial charge in [-0.2, -0.15) is 0 Å². The second-order valence-corrected chi connectivity index (χ2v) is 7.43. The largest absolute Gasteiger partial charge is 0.326 e. The summed E-state index contributed by atoms with van der Waals surface area (Å²) in [5, 5.41) is 13.4. The molecule has 1 aromatic carbocycles. The predicted molar refractivity (Wildman–Crippen MR) is 111 cm³/mol. The van der Waals surface area contributed by atoms with Gasteiger partial charge in [-0.1, -0.05) is 24.8 Å². The van der Waals surface area contributed by atoms with Gasteiger partial charge in [0.2, 0.25) is 11.8 Å². The van der Waals surface area contributed by atoms with Crippen molar-refractivity contribution in [1.29, 1.82) is 0 Å². The molecule has 1 saturated heterocycles. The molecule has 2 aromatic rings. The predicted octanol–water partition coefficient (Wildman–Crippen LogP) is 3.36. The molecule has 10 heteroatoms. The van der Waals surface area contributed by atoms with Crippen LogP contribution in [-0.4, -0.2) is 43.6 Å². The fraction of sp³-hybridized carbons (Fsp3) is 0.263. The summed E-state index contributed by atoms with van der Waals surface area (Å²) in [6.45, 7) is 2.47. The van der Waals surface area contributed by atoms with Crippen LogP contribution >= 0.6 is 11.8 Å². The molecule has 1 fully saturated rings. The number of non-ortho nitro benzene ring substituents is 1. The van der Waals surface area contributed by atoms with E-state index >= 15 is 0 Å². The van der Waals surface area contributed by atoms with Crippen LogP contribution in [0.5, 0.6) is 0 Å². The highest BCUT2D eigenvalue weighted by Gasteiger charge is 2.38. The van der Waals surface area contributed by atoms with Gasteiger partial charge in [-0.3, -0.25) is 29.6 Å². The second-order valence-electron chi connectivity index (χ2n) is 6.26. The van der Waals surface area contributed by atoms with Gasteiger partial charge in [0, 0.05) is 37.0 Å². The summed E-state index contributed by atoms with van der Waals surface area (Å²) in [6.07, 6.45) is 3.94. The molecular formula is C19H19N5O4S. The van der Waals surface area contributed by atoms with E-state index in [4.69, 9.17) is 0 Å². The van der Waals surface area contributed by atoms with Gasteiger partial charge < -0.3 is 5.32 Å². The topological polar surface area (TPSA) is 118 Å². The van der Waals surface area contributed by atoms with E-state index in [0.29, 0.717) is 23.1 Å². The van der Waals surface area contributed by atoms with Gasteiger partial charge in [0.25, 0.3) is 5.69 Å². The third-order valence-corrected chi connectivity index (χ3v) is 5.22. The summed E-state index contributed by atoms with van der Waals surface area (Å²) in [7, 11) is 0. The van der Waals surface area contributed by atoms with Gasteiger partial charge in [-0.15, -0.1) is 0 Å². The Morgan fingerprint density at radius 1 is 1.38 bits per heavy atom. The number of benzene rings is 1. The minimum Gasteiger partial charge on any atom is -0.326 e. The molecule has 150 valence electrons. The first-order valence-corrected chi connectivity index (χ1v) is 9.87. The van der Waals surface area contributed by atoms with Crippen LogP contribution in [0.3, 0.4) is 0 Å². The Labute approximate surface area is 171 Å².